The number of rotatable bonds is 13. The molecule has 0 spiro atoms. The van der Waals surface area contributed by atoms with Gasteiger partial charge >= 0.3 is 17.9 Å². The highest BCUT2D eigenvalue weighted by Crippen LogP contribution is 2.56. The summed E-state index contributed by atoms with van der Waals surface area (Å²) >= 11 is 0. The molecule has 50 heavy (non-hydrogen) atoms. The topological polar surface area (TPSA) is 249 Å². The van der Waals surface area contributed by atoms with Gasteiger partial charge in [-0.1, -0.05) is 66.7 Å². The molecule has 1 aliphatic heterocycles. The van der Waals surface area contributed by atoms with Crippen LogP contribution >= 0.6 is 15.6 Å². The van der Waals surface area contributed by atoms with Crippen LogP contribution in [0.3, 0.4) is 0 Å². The van der Waals surface area contributed by atoms with Crippen molar-refractivity contribution in [1.29, 1.82) is 0 Å². The highest BCUT2D eigenvalue weighted by atomic mass is 31.3. The molecule has 2 amide bonds. The number of phosphoric acid groups is 2. The van der Waals surface area contributed by atoms with E-state index in [9.17, 15) is 38.1 Å². The van der Waals surface area contributed by atoms with Crippen molar-refractivity contribution in [3.8, 4) is 0 Å². The Balaban J connectivity index is 1.39. The van der Waals surface area contributed by atoms with Gasteiger partial charge in [-0.25, -0.2) is 18.7 Å². The summed E-state index contributed by atoms with van der Waals surface area (Å²) in [5.41, 5.74) is -0.827. The molecule has 1 aliphatic rings. The number of nitrogens with zero attached hydrogens (tertiary/aromatic N) is 1. The first-order chi connectivity index (χ1) is 23.9. The minimum atomic E-state index is -5.73. The molecule has 4 aromatic rings. The predicted molar refractivity (Wildman–Crippen MR) is 169 cm³/mol. The van der Waals surface area contributed by atoms with Gasteiger partial charge in [0.1, 0.15) is 6.10 Å². The summed E-state index contributed by atoms with van der Waals surface area (Å²) in [5, 5.41) is 4.90. The zero-order valence-electron chi connectivity index (χ0n) is 25.6. The predicted octanol–water partition coefficient (Wildman–Crippen LogP) is 2.86. The van der Waals surface area contributed by atoms with Crippen LogP contribution in [0.1, 0.15) is 11.8 Å². The molecule has 3 unspecified atom stereocenters. The Bertz CT molecular complexity index is 1980. The Morgan fingerprint density at radius 1 is 0.760 bits per heavy atom. The van der Waals surface area contributed by atoms with E-state index < -0.39 is 76.8 Å². The quantitative estimate of drug-likeness (QED) is 0.167. The molecule has 0 aliphatic carbocycles. The monoisotopic (exact) mass is 730 g/mol. The van der Waals surface area contributed by atoms with E-state index in [0.717, 1.165) is 16.8 Å². The number of hydrogen-bond donors (Lipinski definition) is 3. The smallest absolute Gasteiger partial charge is 0.412 e. The SMILES string of the molecule is O=C(Nc1ccccc1)OC1[C@@H](OC(=O)Nc2ccccc2)[C@@H](COP(=O)([O-])OP(=O)([O-])OCc2ccccc2)O[C@H]1n1ccc(=O)[nH]c1=O. The fourth-order valence-corrected chi connectivity index (χ4v) is 6.60. The molecule has 0 bridgehead atoms. The molecule has 0 radical (unpaired) electrons. The normalized spacial score (nSPS) is 20.9. The molecule has 0 saturated carbocycles. The summed E-state index contributed by atoms with van der Waals surface area (Å²) in [6.45, 7) is -1.63. The van der Waals surface area contributed by atoms with Crippen molar-refractivity contribution in [3.63, 3.8) is 0 Å². The Morgan fingerprint density at radius 2 is 1.28 bits per heavy atom. The molecule has 18 nitrogen and oxygen atoms in total. The van der Waals surface area contributed by atoms with Gasteiger partial charge in [0.15, 0.2) is 18.4 Å². The maximum Gasteiger partial charge on any atom is 0.412 e. The van der Waals surface area contributed by atoms with Crippen molar-refractivity contribution in [2.75, 3.05) is 17.2 Å². The van der Waals surface area contributed by atoms with Crippen molar-refractivity contribution in [3.05, 3.63) is 130 Å². The highest BCUT2D eigenvalue weighted by Gasteiger charge is 2.51. The molecule has 3 aromatic carbocycles. The van der Waals surface area contributed by atoms with Crippen LogP contribution in [0.5, 0.6) is 0 Å². The number of nitrogens with one attached hydrogen (secondary N) is 3. The van der Waals surface area contributed by atoms with Gasteiger partial charge in [-0.2, -0.15) is 0 Å². The average Bonchev–Trinajstić information content (AvgIpc) is 3.39. The fourth-order valence-electron chi connectivity index (χ4n) is 4.61. The molecule has 1 aromatic heterocycles. The maximum atomic E-state index is 13.0. The highest BCUT2D eigenvalue weighted by molar-refractivity contribution is 7.59. The number of amides is 2. The first-order valence-electron chi connectivity index (χ1n) is 14.6. The summed E-state index contributed by atoms with van der Waals surface area (Å²) in [7, 11) is -11.2. The standard InChI is InChI=1S/C30H30N4O14P2/c35-24-16-17-34(28(36)33-24)27-26(47-30(38)32-22-14-8-3-9-15-22)25(46-29(37)31-21-12-6-2-7-13-21)23(45-27)19-44-50(41,42)48-49(39,40)43-18-20-10-4-1-5-11-20/h1-17,23,25-27H,18-19H2,(H,31,37)(H,32,38)(H,39,40)(H,41,42)(H,33,35,36)/p-2/t23-,25+,26?,27-/m1/s1. The third kappa shape index (κ3) is 10.3. The average molecular weight is 731 g/mol. The number of H-pyrrole nitrogens is 1. The zero-order chi connectivity index (χ0) is 35.7. The largest absolute Gasteiger partial charge is 0.756 e. The van der Waals surface area contributed by atoms with Crippen LogP contribution in [0.25, 0.3) is 0 Å². The lowest BCUT2D eigenvalue weighted by Gasteiger charge is -2.31. The molecular formula is C30H28N4O14P2-2. The summed E-state index contributed by atoms with van der Waals surface area (Å²) < 4.78 is 56.4. The van der Waals surface area contributed by atoms with Crippen LogP contribution in [-0.2, 0) is 43.3 Å². The molecule has 6 atom stereocenters. The van der Waals surface area contributed by atoms with Gasteiger partial charge in [-0.15, -0.1) is 0 Å². The number of ether oxygens (including phenoxy) is 3. The number of aromatic nitrogens is 2. The maximum absolute atomic E-state index is 13.0. The van der Waals surface area contributed by atoms with Crippen LogP contribution in [0.15, 0.2) is 113 Å². The van der Waals surface area contributed by atoms with Gasteiger partial charge in [-0.3, -0.25) is 34.1 Å². The summed E-state index contributed by atoms with van der Waals surface area (Å²) in [6, 6.07) is 24.9. The summed E-state index contributed by atoms with van der Waals surface area (Å²) in [6.07, 6.45) is -7.98. The van der Waals surface area contributed by atoms with Gasteiger partial charge in [0.2, 0.25) is 0 Å². The molecule has 1 fully saturated rings. The second-order valence-corrected chi connectivity index (χ2v) is 13.3. The van der Waals surface area contributed by atoms with E-state index in [1.807, 2.05) is 4.98 Å². The Kier molecular flexibility index (Phi) is 11.8. The van der Waals surface area contributed by atoms with Crippen LogP contribution in [0.4, 0.5) is 21.0 Å². The van der Waals surface area contributed by atoms with E-state index in [2.05, 4.69) is 19.5 Å². The van der Waals surface area contributed by atoms with E-state index in [1.165, 1.54) is 24.3 Å². The van der Waals surface area contributed by atoms with E-state index in [4.69, 9.17) is 18.7 Å². The molecule has 20 heteroatoms. The molecule has 2 heterocycles. The third-order valence-electron chi connectivity index (χ3n) is 6.77. The van der Waals surface area contributed by atoms with Gasteiger partial charge in [0.25, 0.3) is 21.2 Å². The minimum absolute atomic E-state index is 0.288. The van der Waals surface area contributed by atoms with E-state index >= 15 is 0 Å². The van der Waals surface area contributed by atoms with Gasteiger partial charge in [0, 0.05) is 23.6 Å². The molecule has 264 valence electrons. The number of benzene rings is 3. The van der Waals surface area contributed by atoms with Crippen molar-refractivity contribution < 1.29 is 56.1 Å². The van der Waals surface area contributed by atoms with Crippen LogP contribution < -0.4 is 31.7 Å². The molecule has 1 saturated heterocycles. The fraction of sp³-hybridized carbons (Fsp3) is 0.200. The van der Waals surface area contributed by atoms with Crippen LogP contribution in [-0.4, -0.2) is 46.7 Å². The lowest BCUT2D eigenvalue weighted by atomic mass is 10.1. The lowest BCUT2D eigenvalue weighted by molar-refractivity contribution is -0.246. The number of hydrogen-bond acceptors (Lipinski definition) is 14. The Hall–Kier alpha value is -4.90. The van der Waals surface area contributed by atoms with E-state index in [1.54, 1.807) is 66.7 Å². The lowest BCUT2D eigenvalue weighted by Crippen LogP contribution is -2.44. The van der Waals surface area contributed by atoms with Crippen LogP contribution in [0, 0.1) is 0 Å². The van der Waals surface area contributed by atoms with Crippen LogP contribution in [0.2, 0.25) is 0 Å². The van der Waals surface area contributed by atoms with Crippen molar-refractivity contribution in [2.45, 2.75) is 31.1 Å². The molecule has 3 N–H and O–H groups in total. The molecule has 5 rings (SSSR count). The van der Waals surface area contributed by atoms with E-state index in [0.29, 0.717) is 11.3 Å². The minimum Gasteiger partial charge on any atom is -0.756 e. The summed E-state index contributed by atoms with van der Waals surface area (Å²) in [4.78, 5) is 77.6. The first-order valence-corrected chi connectivity index (χ1v) is 17.5. The van der Waals surface area contributed by atoms with Crippen molar-refractivity contribution in [1.82, 2.24) is 9.55 Å². The second-order valence-electron chi connectivity index (χ2n) is 10.3. The van der Waals surface area contributed by atoms with Gasteiger partial charge in [0.05, 0.1) is 13.2 Å². The summed E-state index contributed by atoms with van der Waals surface area (Å²) in [5.74, 6) is 0. The molecular weight excluding hydrogens is 702 g/mol. The van der Waals surface area contributed by atoms with Crippen molar-refractivity contribution >= 4 is 39.2 Å². The van der Waals surface area contributed by atoms with E-state index in [-0.39, 0.29) is 5.69 Å². The zero-order valence-corrected chi connectivity index (χ0v) is 27.4. The second kappa shape index (κ2) is 16.2. The van der Waals surface area contributed by atoms with Gasteiger partial charge < -0.3 is 33.0 Å². The Morgan fingerprint density at radius 3 is 1.84 bits per heavy atom. The Labute approximate surface area is 282 Å². The number of para-hydroxylation sites is 2. The number of phosphoric ester groups is 2. The number of aromatic amines is 1. The van der Waals surface area contributed by atoms with Crippen molar-refractivity contribution in [2.24, 2.45) is 0 Å². The number of carbonyl (C=O) groups is 2. The van der Waals surface area contributed by atoms with Gasteiger partial charge in [-0.05, 0) is 29.8 Å². The number of anilines is 2. The first kappa shape index (κ1) is 36.4. The third-order valence-corrected chi connectivity index (χ3v) is 9.28. The number of carbonyl (C=O) groups excluding carboxylic acids is 2.